The number of morpholine rings is 1. The van der Waals surface area contributed by atoms with Crippen LogP contribution in [0.1, 0.15) is 48.2 Å². The summed E-state index contributed by atoms with van der Waals surface area (Å²) >= 11 is 1.76. The van der Waals surface area contributed by atoms with Gasteiger partial charge in [0, 0.05) is 67.1 Å². The van der Waals surface area contributed by atoms with Gasteiger partial charge in [-0.25, -0.2) is 0 Å². The van der Waals surface area contributed by atoms with Gasteiger partial charge in [-0.2, -0.15) is 5.10 Å². The van der Waals surface area contributed by atoms with Gasteiger partial charge in [-0.1, -0.05) is 18.2 Å². The number of carbonyl (C=O) groups is 2. The first-order chi connectivity index (χ1) is 17.2. The third-order valence-electron chi connectivity index (χ3n) is 7.13. The fraction of sp³-hybridized carbons (Fsp3) is 0.577. The highest BCUT2D eigenvalue weighted by Gasteiger charge is 2.29. The fourth-order valence-corrected chi connectivity index (χ4v) is 6.16. The molecule has 3 fully saturated rings. The molecule has 35 heavy (non-hydrogen) atoms. The van der Waals surface area contributed by atoms with Gasteiger partial charge in [-0.15, -0.1) is 11.8 Å². The van der Waals surface area contributed by atoms with Crippen LogP contribution in [0.5, 0.6) is 0 Å². The summed E-state index contributed by atoms with van der Waals surface area (Å²) in [7, 11) is 0. The van der Waals surface area contributed by atoms with Gasteiger partial charge in [0.05, 0.1) is 18.9 Å². The molecule has 1 N–H and O–H groups in total. The van der Waals surface area contributed by atoms with E-state index in [1.165, 1.54) is 24.2 Å². The molecule has 0 bridgehead atoms. The van der Waals surface area contributed by atoms with Crippen molar-refractivity contribution < 1.29 is 19.1 Å². The van der Waals surface area contributed by atoms with Crippen molar-refractivity contribution in [3.63, 3.8) is 0 Å². The van der Waals surface area contributed by atoms with E-state index in [1.54, 1.807) is 11.8 Å². The van der Waals surface area contributed by atoms with Crippen LogP contribution in [0, 0.1) is 5.92 Å². The minimum Gasteiger partial charge on any atom is -0.381 e. The van der Waals surface area contributed by atoms with Gasteiger partial charge in [-0.05, 0) is 38.2 Å². The SMILES string of the molecule is O=C(C1CCOCC1)N1CCCCC1.O=C(c1[nH]nc2c1CSc1ccccc1-2)N1CCOCC1. The number of benzene rings is 1. The lowest BCUT2D eigenvalue weighted by Gasteiger charge is -2.31. The predicted octanol–water partition coefficient (Wildman–Crippen LogP) is 3.58. The van der Waals surface area contributed by atoms with Crippen molar-refractivity contribution in [2.24, 2.45) is 5.92 Å². The minimum atomic E-state index is 0.0343. The van der Waals surface area contributed by atoms with Crippen LogP contribution in [0.2, 0.25) is 0 Å². The van der Waals surface area contributed by atoms with Crippen molar-refractivity contribution in [1.29, 1.82) is 0 Å². The number of H-pyrrole nitrogens is 1. The summed E-state index contributed by atoms with van der Waals surface area (Å²) in [6.45, 7) is 6.02. The zero-order valence-electron chi connectivity index (χ0n) is 20.2. The smallest absolute Gasteiger partial charge is 0.272 e. The van der Waals surface area contributed by atoms with Gasteiger partial charge < -0.3 is 19.3 Å². The Morgan fingerprint density at radius 3 is 2.40 bits per heavy atom. The molecule has 0 radical (unpaired) electrons. The number of aromatic amines is 1. The third kappa shape index (κ3) is 5.57. The highest BCUT2D eigenvalue weighted by Crippen LogP contribution is 2.41. The summed E-state index contributed by atoms with van der Waals surface area (Å²) in [6, 6.07) is 8.20. The predicted molar refractivity (Wildman–Crippen MR) is 134 cm³/mol. The molecule has 3 saturated heterocycles. The molecule has 4 aliphatic rings. The van der Waals surface area contributed by atoms with Gasteiger partial charge in [0.1, 0.15) is 5.69 Å². The summed E-state index contributed by atoms with van der Waals surface area (Å²) < 4.78 is 10.6. The van der Waals surface area contributed by atoms with Crippen molar-refractivity contribution in [3.05, 3.63) is 35.5 Å². The summed E-state index contributed by atoms with van der Waals surface area (Å²) in [5.41, 5.74) is 3.69. The molecule has 2 amide bonds. The molecule has 188 valence electrons. The molecule has 0 unspecified atom stereocenters. The maximum atomic E-state index is 12.6. The topological polar surface area (TPSA) is 87.8 Å². The number of nitrogens with one attached hydrogen (secondary N) is 1. The van der Waals surface area contributed by atoms with E-state index in [1.807, 2.05) is 17.0 Å². The van der Waals surface area contributed by atoms with Gasteiger partial charge in [0.15, 0.2) is 0 Å². The van der Waals surface area contributed by atoms with E-state index in [4.69, 9.17) is 9.47 Å². The molecule has 6 rings (SSSR count). The summed E-state index contributed by atoms with van der Waals surface area (Å²) in [5, 5.41) is 7.36. The fourth-order valence-electron chi connectivity index (χ4n) is 5.09. The minimum absolute atomic E-state index is 0.0343. The number of carbonyl (C=O) groups excluding carboxylic acids is 2. The van der Waals surface area contributed by atoms with E-state index >= 15 is 0 Å². The second-order valence-electron chi connectivity index (χ2n) is 9.39. The number of thioether (sulfide) groups is 1. The van der Waals surface area contributed by atoms with E-state index in [9.17, 15) is 9.59 Å². The molecule has 1 aromatic heterocycles. The highest BCUT2D eigenvalue weighted by molar-refractivity contribution is 7.98. The van der Waals surface area contributed by atoms with Crippen LogP contribution < -0.4 is 0 Å². The van der Waals surface area contributed by atoms with Gasteiger partial charge >= 0.3 is 0 Å². The molecule has 5 heterocycles. The Morgan fingerprint density at radius 1 is 0.914 bits per heavy atom. The lowest BCUT2D eigenvalue weighted by molar-refractivity contribution is -0.139. The summed E-state index contributed by atoms with van der Waals surface area (Å²) in [6.07, 6.45) is 5.52. The van der Waals surface area contributed by atoms with E-state index in [0.29, 0.717) is 37.9 Å². The molecule has 0 atom stereocenters. The Morgan fingerprint density at radius 2 is 1.63 bits per heavy atom. The van der Waals surface area contributed by atoms with Crippen LogP contribution in [0.25, 0.3) is 11.3 Å². The van der Waals surface area contributed by atoms with Crippen molar-refractivity contribution in [3.8, 4) is 11.3 Å². The number of likely N-dealkylation sites (tertiary alicyclic amines) is 1. The van der Waals surface area contributed by atoms with Gasteiger partial charge in [-0.3, -0.25) is 14.7 Å². The average molecular weight is 499 g/mol. The van der Waals surface area contributed by atoms with Crippen LogP contribution in [0.4, 0.5) is 0 Å². The number of fused-ring (bicyclic) bond motifs is 3. The lowest BCUT2D eigenvalue weighted by atomic mass is 9.97. The third-order valence-corrected chi connectivity index (χ3v) is 8.23. The molecule has 0 aliphatic carbocycles. The number of hydrogen-bond acceptors (Lipinski definition) is 6. The maximum Gasteiger partial charge on any atom is 0.272 e. The van der Waals surface area contributed by atoms with E-state index in [-0.39, 0.29) is 11.8 Å². The van der Waals surface area contributed by atoms with Crippen molar-refractivity contribution in [2.45, 2.75) is 42.8 Å². The maximum absolute atomic E-state index is 12.6. The highest BCUT2D eigenvalue weighted by atomic mass is 32.2. The van der Waals surface area contributed by atoms with Crippen LogP contribution in [-0.4, -0.2) is 84.4 Å². The molecule has 9 heteroatoms. The molecule has 4 aliphatic heterocycles. The Kier molecular flexibility index (Phi) is 8.06. The van der Waals surface area contributed by atoms with E-state index < -0.39 is 0 Å². The standard InChI is InChI=1S/C15H15N3O2S.C11H19NO2/c19-15(18-5-7-20-8-6-18)14-11-9-21-12-4-2-1-3-10(12)13(11)16-17-14;13-11(10-4-8-14-9-5-10)12-6-2-1-3-7-12/h1-4H,5-9H2,(H,16,17);10H,1-9H2. The van der Waals surface area contributed by atoms with Gasteiger partial charge in [0.2, 0.25) is 5.91 Å². The number of piperidine rings is 1. The van der Waals surface area contributed by atoms with Crippen LogP contribution in [-0.2, 0) is 20.0 Å². The van der Waals surface area contributed by atoms with Crippen LogP contribution >= 0.6 is 11.8 Å². The van der Waals surface area contributed by atoms with Crippen molar-refractivity contribution in [1.82, 2.24) is 20.0 Å². The second kappa shape index (κ2) is 11.6. The van der Waals surface area contributed by atoms with E-state index in [0.717, 1.165) is 61.7 Å². The van der Waals surface area contributed by atoms with Crippen LogP contribution in [0.15, 0.2) is 29.2 Å². The molecular weight excluding hydrogens is 464 g/mol. The Balaban J connectivity index is 0.000000158. The van der Waals surface area contributed by atoms with Crippen LogP contribution in [0.3, 0.4) is 0 Å². The lowest BCUT2D eigenvalue weighted by Crippen LogP contribution is -2.41. The summed E-state index contributed by atoms with van der Waals surface area (Å²) in [4.78, 5) is 29.8. The first-order valence-corrected chi connectivity index (χ1v) is 13.7. The molecule has 0 spiro atoms. The largest absolute Gasteiger partial charge is 0.381 e. The molecule has 1 aromatic carbocycles. The Labute approximate surface area is 210 Å². The van der Waals surface area contributed by atoms with Crippen molar-refractivity contribution >= 4 is 23.6 Å². The first kappa shape index (κ1) is 24.3. The molecule has 8 nitrogen and oxygen atoms in total. The summed E-state index contributed by atoms with van der Waals surface area (Å²) in [5.74, 6) is 1.45. The number of hydrogen-bond donors (Lipinski definition) is 1. The molecule has 0 saturated carbocycles. The average Bonchev–Trinajstić information content (AvgIpc) is 3.39. The number of rotatable bonds is 2. The zero-order chi connectivity index (χ0) is 24.0. The number of amides is 2. The molecular formula is C26H34N4O4S. The quantitative estimate of drug-likeness (QED) is 0.681. The monoisotopic (exact) mass is 498 g/mol. The Bertz CT molecular complexity index is 1000. The number of aromatic nitrogens is 2. The second-order valence-corrected chi connectivity index (χ2v) is 10.4. The van der Waals surface area contributed by atoms with Gasteiger partial charge in [0.25, 0.3) is 5.91 Å². The first-order valence-electron chi connectivity index (χ1n) is 12.8. The number of nitrogens with zero attached hydrogens (tertiary/aromatic N) is 3. The zero-order valence-corrected chi connectivity index (χ0v) is 21.0. The number of ether oxygens (including phenoxy) is 2. The van der Waals surface area contributed by atoms with Crippen molar-refractivity contribution in [2.75, 3.05) is 52.6 Å². The Hall–Kier alpha value is -2.36. The normalized spacial score (nSPS) is 20.3. The van der Waals surface area contributed by atoms with E-state index in [2.05, 4.69) is 27.2 Å². The molecule has 2 aromatic rings.